The van der Waals surface area contributed by atoms with Crippen molar-refractivity contribution >= 4 is 5.97 Å². The molecule has 120 valence electrons. The van der Waals surface area contributed by atoms with Crippen LogP contribution in [0.4, 0.5) is 0 Å². The highest BCUT2D eigenvalue weighted by Crippen LogP contribution is 2.24. The number of hydrogen-bond donors (Lipinski definition) is 1. The molecule has 1 N–H and O–H groups in total. The minimum atomic E-state index is -0.955. The second-order valence-electron chi connectivity index (χ2n) is 5.81. The zero-order valence-corrected chi connectivity index (χ0v) is 12.8. The van der Waals surface area contributed by atoms with Gasteiger partial charge in [0.25, 0.3) is 0 Å². The fourth-order valence-electron chi connectivity index (χ4n) is 2.91. The molecule has 3 aromatic rings. The van der Waals surface area contributed by atoms with E-state index in [1.165, 1.54) is 23.3 Å². The fraction of sp³-hybridized carbons (Fsp3) is 0.167. The van der Waals surface area contributed by atoms with Crippen molar-refractivity contribution in [1.82, 2.24) is 15.0 Å². The van der Waals surface area contributed by atoms with E-state index in [1.807, 2.05) is 12.1 Å². The Balaban J connectivity index is 1.47. The molecule has 0 fully saturated rings. The van der Waals surface area contributed by atoms with Crippen molar-refractivity contribution in [1.29, 1.82) is 0 Å². The van der Waals surface area contributed by atoms with E-state index in [4.69, 9.17) is 9.63 Å². The normalized spacial score (nSPS) is 13.8. The van der Waals surface area contributed by atoms with Crippen molar-refractivity contribution in [3.05, 3.63) is 71.1 Å². The number of hydrogen-bond acceptors (Lipinski definition) is 5. The van der Waals surface area contributed by atoms with E-state index in [-0.39, 0.29) is 5.56 Å². The molecule has 1 aromatic heterocycles. The van der Waals surface area contributed by atoms with Gasteiger partial charge in [-0.2, -0.15) is 4.98 Å². The molecule has 2 aromatic carbocycles. The Hall–Kier alpha value is -2.99. The van der Waals surface area contributed by atoms with E-state index in [9.17, 15) is 4.79 Å². The van der Waals surface area contributed by atoms with Crippen LogP contribution in [0.2, 0.25) is 0 Å². The van der Waals surface area contributed by atoms with Gasteiger partial charge in [-0.1, -0.05) is 41.6 Å². The van der Waals surface area contributed by atoms with Gasteiger partial charge in [-0.05, 0) is 23.3 Å². The Labute approximate surface area is 138 Å². The van der Waals surface area contributed by atoms with Gasteiger partial charge in [0.15, 0.2) is 0 Å². The quantitative estimate of drug-likeness (QED) is 0.796. The molecule has 0 bridgehead atoms. The number of aromatic nitrogens is 2. The van der Waals surface area contributed by atoms with Crippen LogP contribution in [0.1, 0.15) is 27.4 Å². The van der Waals surface area contributed by atoms with Gasteiger partial charge in [0.1, 0.15) is 0 Å². The number of aromatic carboxylic acids is 1. The summed E-state index contributed by atoms with van der Waals surface area (Å²) < 4.78 is 5.34. The molecule has 0 aliphatic carbocycles. The Kier molecular flexibility index (Phi) is 3.59. The molecule has 0 amide bonds. The first-order valence-corrected chi connectivity index (χ1v) is 7.64. The molecular weight excluding hydrogens is 306 g/mol. The first-order chi connectivity index (χ1) is 11.7. The van der Waals surface area contributed by atoms with E-state index in [2.05, 4.69) is 27.2 Å². The van der Waals surface area contributed by atoms with Crippen LogP contribution in [-0.4, -0.2) is 26.1 Å². The molecule has 2 heterocycles. The number of carboxylic acid groups (broad SMARTS) is 1. The standard InChI is InChI=1S/C18H15N3O3/c22-18(23)13-7-5-12(6-8-13)17-19-16(24-20-17)11-21-9-14-3-1-2-4-15(14)10-21/h1-8H,9-11H2,(H,22,23). The summed E-state index contributed by atoms with van der Waals surface area (Å²) >= 11 is 0. The predicted octanol–water partition coefficient (Wildman–Crippen LogP) is 2.95. The summed E-state index contributed by atoms with van der Waals surface area (Å²) in [7, 11) is 0. The molecule has 24 heavy (non-hydrogen) atoms. The fourth-order valence-corrected chi connectivity index (χ4v) is 2.91. The summed E-state index contributed by atoms with van der Waals surface area (Å²) in [6.07, 6.45) is 0. The van der Waals surface area contributed by atoms with Crippen LogP contribution in [0.3, 0.4) is 0 Å². The lowest BCUT2D eigenvalue weighted by molar-refractivity contribution is 0.0697. The summed E-state index contributed by atoms with van der Waals surface area (Å²) in [5.41, 5.74) is 3.64. The number of nitrogens with zero attached hydrogens (tertiary/aromatic N) is 3. The molecule has 1 aliphatic rings. The average Bonchev–Trinajstić information content (AvgIpc) is 3.21. The SMILES string of the molecule is O=C(O)c1ccc(-c2noc(CN3Cc4ccccc4C3)n2)cc1. The lowest BCUT2D eigenvalue weighted by Gasteiger charge is -2.10. The van der Waals surface area contributed by atoms with E-state index in [0.717, 1.165) is 18.7 Å². The molecule has 1 aliphatic heterocycles. The predicted molar refractivity (Wildman–Crippen MR) is 86.1 cm³/mol. The third-order valence-electron chi connectivity index (χ3n) is 4.12. The Morgan fingerprint density at radius 3 is 2.38 bits per heavy atom. The summed E-state index contributed by atoms with van der Waals surface area (Å²) in [6, 6.07) is 14.8. The topological polar surface area (TPSA) is 79.5 Å². The van der Waals surface area contributed by atoms with Crippen LogP contribution < -0.4 is 0 Å². The van der Waals surface area contributed by atoms with Crippen LogP contribution >= 0.6 is 0 Å². The summed E-state index contributed by atoms with van der Waals surface area (Å²) in [4.78, 5) is 17.5. The first kappa shape index (κ1) is 14.6. The van der Waals surface area contributed by atoms with Crippen LogP contribution in [0.5, 0.6) is 0 Å². The second-order valence-corrected chi connectivity index (χ2v) is 5.81. The number of carboxylic acids is 1. The third kappa shape index (κ3) is 2.79. The molecule has 0 unspecified atom stereocenters. The Bertz CT molecular complexity index is 862. The van der Waals surface area contributed by atoms with Gasteiger partial charge in [0.2, 0.25) is 11.7 Å². The summed E-state index contributed by atoms with van der Waals surface area (Å²) in [5, 5.41) is 12.9. The zero-order chi connectivity index (χ0) is 16.5. The van der Waals surface area contributed by atoms with Gasteiger partial charge in [0.05, 0.1) is 12.1 Å². The largest absolute Gasteiger partial charge is 0.478 e. The summed E-state index contributed by atoms with van der Waals surface area (Å²) in [5.74, 6) is 0.0720. The third-order valence-corrected chi connectivity index (χ3v) is 4.12. The van der Waals surface area contributed by atoms with Gasteiger partial charge in [-0.15, -0.1) is 0 Å². The monoisotopic (exact) mass is 321 g/mol. The lowest BCUT2D eigenvalue weighted by atomic mass is 10.1. The number of rotatable bonds is 4. The number of carbonyl (C=O) groups is 1. The van der Waals surface area contributed by atoms with Gasteiger partial charge < -0.3 is 9.63 Å². The number of benzene rings is 2. The van der Waals surface area contributed by atoms with Crippen LogP contribution in [-0.2, 0) is 19.6 Å². The summed E-state index contributed by atoms with van der Waals surface area (Å²) in [6.45, 7) is 2.34. The maximum absolute atomic E-state index is 10.9. The molecule has 0 saturated carbocycles. The van der Waals surface area contributed by atoms with Crippen molar-refractivity contribution < 1.29 is 14.4 Å². The minimum absolute atomic E-state index is 0.234. The Morgan fingerprint density at radius 1 is 1.08 bits per heavy atom. The van der Waals surface area contributed by atoms with Gasteiger partial charge >= 0.3 is 5.97 Å². The highest BCUT2D eigenvalue weighted by atomic mass is 16.5. The van der Waals surface area contributed by atoms with Crippen LogP contribution in [0.15, 0.2) is 53.1 Å². The van der Waals surface area contributed by atoms with Gasteiger partial charge in [0, 0.05) is 18.7 Å². The Morgan fingerprint density at radius 2 is 1.75 bits per heavy atom. The molecule has 0 spiro atoms. The van der Waals surface area contributed by atoms with Gasteiger partial charge in [-0.25, -0.2) is 4.79 Å². The molecule has 0 radical (unpaired) electrons. The van der Waals surface area contributed by atoms with E-state index in [1.54, 1.807) is 12.1 Å². The van der Waals surface area contributed by atoms with Crippen molar-refractivity contribution in [3.63, 3.8) is 0 Å². The number of fused-ring (bicyclic) bond motifs is 1. The van der Waals surface area contributed by atoms with Gasteiger partial charge in [-0.3, -0.25) is 4.90 Å². The van der Waals surface area contributed by atoms with E-state index in [0.29, 0.717) is 18.3 Å². The van der Waals surface area contributed by atoms with Crippen molar-refractivity contribution in [2.75, 3.05) is 0 Å². The highest BCUT2D eigenvalue weighted by Gasteiger charge is 2.20. The molecule has 0 saturated heterocycles. The smallest absolute Gasteiger partial charge is 0.335 e. The van der Waals surface area contributed by atoms with E-state index < -0.39 is 5.97 Å². The lowest BCUT2D eigenvalue weighted by Crippen LogP contribution is -2.15. The molecule has 6 nitrogen and oxygen atoms in total. The van der Waals surface area contributed by atoms with Crippen molar-refractivity contribution in [2.24, 2.45) is 0 Å². The molecule has 6 heteroatoms. The van der Waals surface area contributed by atoms with Crippen LogP contribution in [0.25, 0.3) is 11.4 Å². The minimum Gasteiger partial charge on any atom is -0.478 e. The van der Waals surface area contributed by atoms with Crippen LogP contribution in [0, 0.1) is 0 Å². The molecule has 0 atom stereocenters. The zero-order valence-electron chi connectivity index (χ0n) is 12.8. The van der Waals surface area contributed by atoms with E-state index >= 15 is 0 Å². The molecule has 4 rings (SSSR count). The maximum atomic E-state index is 10.9. The van der Waals surface area contributed by atoms with Crippen molar-refractivity contribution in [2.45, 2.75) is 19.6 Å². The van der Waals surface area contributed by atoms with Crippen molar-refractivity contribution in [3.8, 4) is 11.4 Å². The second kappa shape index (κ2) is 5.90. The first-order valence-electron chi connectivity index (χ1n) is 7.64. The molecular formula is C18H15N3O3. The average molecular weight is 321 g/mol. The maximum Gasteiger partial charge on any atom is 0.335 e. The highest BCUT2D eigenvalue weighted by molar-refractivity contribution is 5.88.